The number of benzene rings is 1. The standard InChI is InChI=1S/C14H17FN2OS/c1-8(2)17-13(19)16-11-7-14(17,3)18-12-5-4-9(15)6-10(11)12/h4-6,8,11H,7H2,1-3H3,(H,16,19). The van der Waals surface area contributed by atoms with E-state index < -0.39 is 5.72 Å². The predicted molar refractivity (Wildman–Crippen MR) is 75.5 cm³/mol. The molecule has 0 spiro atoms. The molecule has 2 unspecified atom stereocenters. The molecule has 0 aliphatic carbocycles. The molecular weight excluding hydrogens is 263 g/mol. The highest BCUT2D eigenvalue weighted by atomic mass is 32.1. The first-order valence-corrected chi connectivity index (χ1v) is 6.90. The first kappa shape index (κ1) is 12.7. The van der Waals surface area contributed by atoms with Crippen molar-refractivity contribution < 1.29 is 9.13 Å². The van der Waals surface area contributed by atoms with E-state index in [1.807, 2.05) is 6.92 Å². The molecule has 3 nitrogen and oxygen atoms in total. The molecule has 1 saturated heterocycles. The minimum Gasteiger partial charge on any atom is -0.468 e. The van der Waals surface area contributed by atoms with Crippen LogP contribution in [0.1, 0.15) is 38.8 Å². The zero-order valence-corrected chi connectivity index (χ0v) is 12.1. The third-order valence-corrected chi connectivity index (χ3v) is 4.12. The molecule has 0 radical (unpaired) electrons. The van der Waals surface area contributed by atoms with E-state index in [1.54, 1.807) is 6.07 Å². The van der Waals surface area contributed by atoms with Gasteiger partial charge in [-0.25, -0.2) is 4.39 Å². The van der Waals surface area contributed by atoms with Gasteiger partial charge in [0, 0.05) is 18.0 Å². The van der Waals surface area contributed by atoms with E-state index in [2.05, 4.69) is 24.1 Å². The molecule has 3 rings (SSSR count). The summed E-state index contributed by atoms with van der Waals surface area (Å²) in [6.45, 7) is 6.21. The third kappa shape index (κ3) is 1.87. The average Bonchev–Trinajstić information content (AvgIpc) is 2.28. The zero-order chi connectivity index (χ0) is 13.8. The van der Waals surface area contributed by atoms with Crippen LogP contribution in [0.4, 0.5) is 4.39 Å². The van der Waals surface area contributed by atoms with E-state index in [-0.39, 0.29) is 17.9 Å². The molecule has 2 atom stereocenters. The normalized spacial score (nSPS) is 28.8. The summed E-state index contributed by atoms with van der Waals surface area (Å²) in [5, 5.41) is 3.97. The Morgan fingerprint density at radius 2 is 2.26 bits per heavy atom. The maximum atomic E-state index is 13.4. The average molecular weight is 280 g/mol. The third-order valence-electron chi connectivity index (χ3n) is 3.80. The molecule has 2 heterocycles. The lowest BCUT2D eigenvalue weighted by atomic mass is 9.90. The van der Waals surface area contributed by atoms with Crippen molar-refractivity contribution in [3.63, 3.8) is 0 Å². The zero-order valence-electron chi connectivity index (χ0n) is 11.2. The molecule has 1 aromatic carbocycles. The van der Waals surface area contributed by atoms with Gasteiger partial charge in [-0.2, -0.15) is 0 Å². The molecule has 1 aromatic rings. The topological polar surface area (TPSA) is 24.5 Å². The molecule has 5 heteroatoms. The molecule has 1 N–H and O–H groups in total. The van der Waals surface area contributed by atoms with Crippen LogP contribution in [0.5, 0.6) is 5.75 Å². The Morgan fingerprint density at radius 1 is 1.53 bits per heavy atom. The minimum absolute atomic E-state index is 0.0203. The summed E-state index contributed by atoms with van der Waals surface area (Å²) in [7, 11) is 0. The molecule has 0 aromatic heterocycles. The van der Waals surface area contributed by atoms with Gasteiger partial charge in [-0.1, -0.05) is 0 Å². The Hall–Kier alpha value is -1.36. The van der Waals surface area contributed by atoms with Crippen molar-refractivity contribution >= 4 is 17.3 Å². The summed E-state index contributed by atoms with van der Waals surface area (Å²) in [6, 6.07) is 4.92. The van der Waals surface area contributed by atoms with Crippen LogP contribution in [0.15, 0.2) is 18.2 Å². The van der Waals surface area contributed by atoms with Crippen molar-refractivity contribution in [2.75, 3.05) is 0 Å². The molecular formula is C14H17FN2OS. The monoisotopic (exact) mass is 280 g/mol. The molecule has 0 saturated carbocycles. The van der Waals surface area contributed by atoms with Gasteiger partial charge in [0.25, 0.3) is 0 Å². The van der Waals surface area contributed by atoms with E-state index in [1.165, 1.54) is 12.1 Å². The minimum atomic E-state index is -0.466. The SMILES string of the molecule is CC(C)N1C(=S)NC2CC1(C)Oc1ccc(F)cc12. The summed E-state index contributed by atoms with van der Waals surface area (Å²) in [5.41, 5.74) is 0.384. The maximum absolute atomic E-state index is 13.4. The van der Waals surface area contributed by atoms with E-state index in [0.717, 1.165) is 17.7 Å². The molecule has 19 heavy (non-hydrogen) atoms. The van der Waals surface area contributed by atoms with Gasteiger partial charge in [0.1, 0.15) is 11.6 Å². The van der Waals surface area contributed by atoms with Crippen LogP contribution in [-0.4, -0.2) is 21.8 Å². The molecule has 102 valence electrons. The van der Waals surface area contributed by atoms with Crippen LogP contribution in [0.3, 0.4) is 0 Å². The van der Waals surface area contributed by atoms with Crippen molar-refractivity contribution in [3.05, 3.63) is 29.6 Å². The van der Waals surface area contributed by atoms with Gasteiger partial charge < -0.3 is 15.0 Å². The van der Waals surface area contributed by atoms with Gasteiger partial charge in [-0.05, 0) is 51.2 Å². The second-order valence-corrected chi connectivity index (χ2v) is 6.02. The smallest absolute Gasteiger partial charge is 0.184 e. The number of nitrogens with zero attached hydrogens (tertiary/aromatic N) is 1. The van der Waals surface area contributed by atoms with E-state index in [4.69, 9.17) is 17.0 Å². The number of rotatable bonds is 1. The first-order valence-electron chi connectivity index (χ1n) is 6.49. The van der Waals surface area contributed by atoms with Gasteiger partial charge >= 0.3 is 0 Å². The van der Waals surface area contributed by atoms with Crippen LogP contribution in [0.25, 0.3) is 0 Å². The van der Waals surface area contributed by atoms with Gasteiger partial charge in [-0.15, -0.1) is 0 Å². The molecule has 2 aliphatic heterocycles. The number of halogens is 1. The Balaban J connectivity index is 2.08. The summed E-state index contributed by atoms with van der Waals surface area (Å²) in [4.78, 5) is 2.07. The predicted octanol–water partition coefficient (Wildman–Crippen LogP) is 2.96. The number of hydrogen-bond acceptors (Lipinski definition) is 2. The largest absolute Gasteiger partial charge is 0.468 e. The molecule has 1 fully saturated rings. The molecule has 2 aliphatic rings. The fourth-order valence-electron chi connectivity index (χ4n) is 3.14. The van der Waals surface area contributed by atoms with Crippen molar-refractivity contribution in [2.45, 2.75) is 45.0 Å². The Morgan fingerprint density at radius 3 is 2.95 bits per heavy atom. The lowest BCUT2D eigenvalue weighted by Gasteiger charge is -2.53. The lowest BCUT2D eigenvalue weighted by molar-refractivity contribution is -0.0809. The Kier molecular flexibility index (Phi) is 2.71. The summed E-state index contributed by atoms with van der Waals surface area (Å²) in [5.74, 6) is 0.491. The number of fused-ring (bicyclic) bond motifs is 4. The van der Waals surface area contributed by atoms with Gasteiger partial charge in [0.2, 0.25) is 0 Å². The van der Waals surface area contributed by atoms with Crippen LogP contribution in [0.2, 0.25) is 0 Å². The van der Waals surface area contributed by atoms with Gasteiger partial charge in [0.05, 0.1) is 6.04 Å². The van der Waals surface area contributed by atoms with Crippen molar-refractivity contribution in [1.82, 2.24) is 10.2 Å². The number of thiocarbonyl (C=S) groups is 1. The first-order chi connectivity index (χ1) is 8.90. The van der Waals surface area contributed by atoms with E-state index >= 15 is 0 Å². The fraction of sp³-hybridized carbons (Fsp3) is 0.500. The van der Waals surface area contributed by atoms with Crippen LogP contribution in [-0.2, 0) is 0 Å². The summed E-state index contributed by atoms with van der Waals surface area (Å²) < 4.78 is 19.5. The summed E-state index contributed by atoms with van der Waals surface area (Å²) in [6.07, 6.45) is 0.752. The van der Waals surface area contributed by atoms with Crippen molar-refractivity contribution in [2.24, 2.45) is 0 Å². The summed E-state index contributed by atoms with van der Waals surface area (Å²) >= 11 is 5.43. The highest BCUT2D eigenvalue weighted by Gasteiger charge is 2.48. The second-order valence-electron chi connectivity index (χ2n) is 5.63. The lowest BCUT2D eigenvalue weighted by Crippen LogP contribution is -2.66. The second kappa shape index (κ2) is 4.07. The van der Waals surface area contributed by atoms with Gasteiger partial charge in [0.15, 0.2) is 10.8 Å². The highest BCUT2D eigenvalue weighted by molar-refractivity contribution is 7.80. The van der Waals surface area contributed by atoms with Crippen LogP contribution < -0.4 is 10.1 Å². The van der Waals surface area contributed by atoms with Crippen LogP contribution in [0, 0.1) is 5.82 Å². The Bertz CT molecular complexity index is 548. The Labute approximate surface area is 117 Å². The van der Waals surface area contributed by atoms with E-state index in [0.29, 0.717) is 5.11 Å². The molecule has 2 bridgehead atoms. The van der Waals surface area contributed by atoms with Crippen LogP contribution >= 0.6 is 12.2 Å². The fourth-order valence-corrected chi connectivity index (χ4v) is 3.69. The number of ether oxygens (including phenoxy) is 1. The quantitative estimate of drug-likeness (QED) is 0.799. The van der Waals surface area contributed by atoms with Crippen molar-refractivity contribution in [1.29, 1.82) is 0 Å². The number of nitrogens with one attached hydrogen (secondary N) is 1. The highest BCUT2D eigenvalue weighted by Crippen LogP contribution is 2.44. The number of hydrogen-bond donors (Lipinski definition) is 1. The van der Waals surface area contributed by atoms with E-state index in [9.17, 15) is 4.39 Å². The van der Waals surface area contributed by atoms with Crippen molar-refractivity contribution in [3.8, 4) is 5.75 Å². The maximum Gasteiger partial charge on any atom is 0.184 e. The van der Waals surface area contributed by atoms with Gasteiger partial charge in [-0.3, -0.25) is 0 Å². The molecule has 0 amide bonds.